The second-order valence-corrected chi connectivity index (χ2v) is 7.18. The van der Waals surface area contributed by atoms with Gasteiger partial charge >= 0.3 is 0 Å². The zero-order valence-corrected chi connectivity index (χ0v) is 11.9. The minimum absolute atomic E-state index is 0.143. The molecule has 0 aliphatic heterocycles. The Balaban J connectivity index is 2.63. The number of likely N-dealkylation sites (N-methyl/N-ethyl adjacent to an activating group) is 1. The Morgan fingerprint density at radius 1 is 1.12 bits per heavy atom. The molecule has 1 aliphatic carbocycles. The van der Waals surface area contributed by atoms with Crippen molar-refractivity contribution in [2.24, 2.45) is 5.73 Å². The van der Waals surface area contributed by atoms with E-state index in [2.05, 4.69) is 0 Å². The highest BCUT2D eigenvalue weighted by Crippen LogP contribution is 2.23. The molecular weight excluding hydrogens is 238 g/mol. The van der Waals surface area contributed by atoms with Crippen LogP contribution in [0.15, 0.2) is 0 Å². The summed E-state index contributed by atoms with van der Waals surface area (Å²) in [6.45, 7) is 1.33. The Bertz CT molecular complexity index is 322. The van der Waals surface area contributed by atoms with E-state index in [0.29, 0.717) is 6.54 Å². The first-order chi connectivity index (χ1) is 7.80. The summed E-state index contributed by atoms with van der Waals surface area (Å²) >= 11 is 0. The normalized spacial score (nSPS) is 26.7. The second-order valence-electron chi connectivity index (χ2n) is 5.25. The quantitative estimate of drug-likeness (QED) is 0.763. The summed E-state index contributed by atoms with van der Waals surface area (Å²) in [6.07, 6.45) is 4.94. The molecule has 0 radical (unpaired) electrons. The highest BCUT2D eigenvalue weighted by molar-refractivity contribution is 7.88. The molecule has 5 nitrogen and oxygen atoms in total. The SMILES string of the molecule is CN(C)CCN([C@H]1CC[C@H](N)CC1)S(C)(=O)=O. The van der Waals surface area contributed by atoms with Crippen LogP contribution in [0.1, 0.15) is 25.7 Å². The second kappa shape index (κ2) is 6.13. The number of nitrogens with two attached hydrogens (primary N) is 1. The lowest BCUT2D eigenvalue weighted by molar-refractivity contribution is 0.224. The first-order valence-electron chi connectivity index (χ1n) is 6.18. The van der Waals surface area contributed by atoms with Crippen molar-refractivity contribution in [1.82, 2.24) is 9.21 Å². The molecule has 0 unspecified atom stereocenters. The molecule has 0 aromatic carbocycles. The number of nitrogens with zero attached hydrogens (tertiary/aromatic N) is 2. The van der Waals surface area contributed by atoms with Gasteiger partial charge in [0.15, 0.2) is 0 Å². The third-order valence-corrected chi connectivity index (χ3v) is 4.67. The number of rotatable bonds is 5. The van der Waals surface area contributed by atoms with Crippen molar-refractivity contribution < 1.29 is 8.42 Å². The predicted octanol–water partition coefficient (Wildman–Crippen LogP) is 0.0795. The zero-order chi connectivity index (χ0) is 13.1. The Kier molecular flexibility index (Phi) is 5.37. The lowest BCUT2D eigenvalue weighted by Crippen LogP contribution is -2.46. The van der Waals surface area contributed by atoms with Gasteiger partial charge in [-0.3, -0.25) is 0 Å². The van der Waals surface area contributed by atoms with E-state index in [-0.39, 0.29) is 12.1 Å². The Morgan fingerprint density at radius 3 is 2.06 bits per heavy atom. The van der Waals surface area contributed by atoms with E-state index in [1.54, 1.807) is 4.31 Å². The summed E-state index contributed by atoms with van der Waals surface area (Å²) < 4.78 is 25.3. The average Bonchev–Trinajstić information content (AvgIpc) is 2.18. The maximum absolute atomic E-state index is 11.8. The zero-order valence-electron chi connectivity index (χ0n) is 11.1. The smallest absolute Gasteiger partial charge is 0.211 e. The Morgan fingerprint density at radius 2 is 1.65 bits per heavy atom. The summed E-state index contributed by atoms with van der Waals surface area (Å²) in [6, 6.07) is 0.395. The molecule has 1 aliphatic rings. The maximum atomic E-state index is 11.8. The van der Waals surface area contributed by atoms with Gasteiger partial charge in [0.25, 0.3) is 0 Å². The van der Waals surface area contributed by atoms with Crippen molar-refractivity contribution in [3.63, 3.8) is 0 Å². The molecule has 0 heterocycles. The van der Waals surface area contributed by atoms with E-state index in [4.69, 9.17) is 5.73 Å². The van der Waals surface area contributed by atoms with Crippen molar-refractivity contribution in [3.8, 4) is 0 Å². The minimum Gasteiger partial charge on any atom is -0.328 e. The number of hydrogen-bond acceptors (Lipinski definition) is 4. The molecule has 0 bridgehead atoms. The highest BCUT2D eigenvalue weighted by atomic mass is 32.2. The molecule has 102 valence electrons. The number of hydrogen-bond donors (Lipinski definition) is 1. The fraction of sp³-hybridized carbons (Fsp3) is 1.00. The van der Waals surface area contributed by atoms with E-state index in [0.717, 1.165) is 32.2 Å². The topological polar surface area (TPSA) is 66.6 Å². The Hall–Kier alpha value is -0.170. The van der Waals surface area contributed by atoms with Crippen molar-refractivity contribution in [2.75, 3.05) is 33.4 Å². The summed E-state index contributed by atoms with van der Waals surface area (Å²) in [5.74, 6) is 0. The van der Waals surface area contributed by atoms with Crippen LogP contribution in [0, 0.1) is 0 Å². The fourth-order valence-corrected chi connectivity index (χ4v) is 3.47. The van der Waals surface area contributed by atoms with Crippen LogP contribution < -0.4 is 5.73 Å². The van der Waals surface area contributed by atoms with Crippen LogP contribution >= 0.6 is 0 Å². The maximum Gasteiger partial charge on any atom is 0.211 e. The molecule has 0 atom stereocenters. The lowest BCUT2D eigenvalue weighted by atomic mass is 9.92. The van der Waals surface area contributed by atoms with Crippen LogP contribution in [0.2, 0.25) is 0 Å². The van der Waals surface area contributed by atoms with Crippen molar-refractivity contribution in [2.45, 2.75) is 37.8 Å². The van der Waals surface area contributed by atoms with Gasteiger partial charge in [0.2, 0.25) is 10.0 Å². The third-order valence-electron chi connectivity index (χ3n) is 3.34. The summed E-state index contributed by atoms with van der Waals surface area (Å²) in [4.78, 5) is 2.01. The van der Waals surface area contributed by atoms with Crippen LogP contribution in [-0.2, 0) is 10.0 Å². The van der Waals surface area contributed by atoms with Crippen LogP contribution in [0.3, 0.4) is 0 Å². The molecule has 0 saturated heterocycles. The van der Waals surface area contributed by atoms with Crippen molar-refractivity contribution in [3.05, 3.63) is 0 Å². The molecule has 17 heavy (non-hydrogen) atoms. The first-order valence-corrected chi connectivity index (χ1v) is 8.02. The van der Waals surface area contributed by atoms with Crippen molar-refractivity contribution in [1.29, 1.82) is 0 Å². The van der Waals surface area contributed by atoms with E-state index in [9.17, 15) is 8.42 Å². The van der Waals surface area contributed by atoms with Gasteiger partial charge in [-0.2, -0.15) is 4.31 Å². The highest BCUT2D eigenvalue weighted by Gasteiger charge is 2.29. The van der Waals surface area contributed by atoms with Crippen LogP contribution in [0.25, 0.3) is 0 Å². The minimum atomic E-state index is -3.11. The third kappa shape index (κ3) is 4.91. The average molecular weight is 263 g/mol. The molecule has 6 heteroatoms. The van der Waals surface area contributed by atoms with Gasteiger partial charge in [0, 0.05) is 25.2 Å². The molecule has 1 rings (SSSR count). The molecule has 0 spiro atoms. The van der Waals surface area contributed by atoms with Gasteiger partial charge in [0.05, 0.1) is 6.26 Å². The van der Waals surface area contributed by atoms with E-state index >= 15 is 0 Å². The molecule has 0 aromatic rings. The van der Waals surface area contributed by atoms with Gasteiger partial charge in [-0.15, -0.1) is 0 Å². The van der Waals surface area contributed by atoms with Crippen LogP contribution in [-0.4, -0.2) is 63.1 Å². The van der Waals surface area contributed by atoms with Gasteiger partial charge < -0.3 is 10.6 Å². The summed E-state index contributed by atoms with van der Waals surface area (Å²) in [5.41, 5.74) is 5.85. The summed E-state index contributed by atoms with van der Waals surface area (Å²) in [5, 5.41) is 0. The fourth-order valence-electron chi connectivity index (χ4n) is 2.31. The molecule has 1 saturated carbocycles. The van der Waals surface area contributed by atoms with Crippen LogP contribution in [0.5, 0.6) is 0 Å². The Labute approximate surface area is 105 Å². The largest absolute Gasteiger partial charge is 0.328 e. The molecule has 0 aromatic heterocycles. The van der Waals surface area contributed by atoms with E-state index < -0.39 is 10.0 Å². The predicted molar refractivity (Wildman–Crippen MR) is 70.3 cm³/mol. The van der Waals surface area contributed by atoms with Crippen molar-refractivity contribution >= 4 is 10.0 Å². The van der Waals surface area contributed by atoms with E-state index in [1.165, 1.54) is 6.26 Å². The van der Waals surface area contributed by atoms with Gasteiger partial charge in [-0.25, -0.2) is 8.42 Å². The van der Waals surface area contributed by atoms with Crippen LogP contribution in [0.4, 0.5) is 0 Å². The van der Waals surface area contributed by atoms with Gasteiger partial charge in [-0.05, 0) is 39.8 Å². The van der Waals surface area contributed by atoms with Gasteiger partial charge in [-0.1, -0.05) is 0 Å². The number of sulfonamides is 1. The monoisotopic (exact) mass is 263 g/mol. The molecule has 2 N–H and O–H groups in total. The molecule has 1 fully saturated rings. The summed E-state index contributed by atoms with van der Waals surface area (Å²) in [7, 11) is 0.799. The van der Waals surface area contributed by atoms with Gasteiger partial charge in [0.1, 0.15) is 0 Å². The standard InChI is InChI=1S/C11H25N3O2S/c1-13(2)8-9-14(17(3,15)16)11-6-4-10(12)5-7-11/h10-11H,4-9,12H2,1-3H3/t10-,11-. The molecule has 0 amide bonds. The van der Waals surface area contributed by atoms with E-state index in [1.807, 2.05) is 19.0 Å². The first kappa shape index (κ1) is 14.9. The molecular formula is C11H25N3O2S. The lowest BCUT2D eigenvalue weighted by Gasteiger charge is -2.34.